The third-order valence-corrected chi connectivity index (χ3v) is 5.40. The molecule has 1 amide bonds. The van der Waals surface area contributed by atoms with Gasteiger partial charge in [-0.1, -0.05) is 39.0 Å². The average molecular weight is 452 g/mol. The van der Waals surface area contributed by atoms with Gasteiger partial charge in [-0.15, -0.1) is 0 Å². The highest BCUT2D eigenvalue weighted by Gasteiger charge is 2.12. The van der Waals surface area contributed by atoms with Crippen molar-refractivity contribution >= 4 is 23.0 Å². The zero-order valence-corrected chi connectivity index (χ0v) is 19.6. The number of nitrogens with one attached hydrogen (secondary N) is 2. The van der Waals surface area contributed by atoms with Gasteiger partial charge in [0.1, 0.15) is 11.4 Å². The molecule has 0 fully saturated rings. The van der Waals surface area contributed by atoms with Crippen LogP contribution in [0.1, 0.15) is 61.5 Å². The van der Waals surface area contributed by atoms with Crippen LogP contribution in [0.2, 0.25) is 0 Å². The molecule has 2 N–H and O–H groups in total. The van der Waals surface area contributed by atoms with Crippen molar-refractivity contribution in [1.82, 2.24) is 10.4 Å². The molecule has 0 aliphatic heterocycles. The maximum atomic E-state index is 12.5. The third kappa shape index (κ3) is 7.00. The summed E-state index contributed by atoms with van der Waals surface area (Å²) in [6.07, 6.45) is 9.06. The summed E-state index contributed by atoms with van der Waals surface area (Å²) < 4.78 is 16.4. The maximum Gasteiger partial charge on any atom is 0.287 e. The van der Waals surface area contributed by atoms with Crippen molar-refractivity contribution in [3.63, 3.8) is 0 Å². The zero-order chi connectivity index (χ0) is 23.5. The Kier molecular flexibility index (Phi) is 9.18. The number of carbonyl (C=O) groups excluding carboxylic acids is 1. The Morgan fingerprint density at radius 2 is 1.67 bits per heavy atom. The fraction of sp³-hybridized carbons (Fsp3) is 0.385. The minimum atomic E-state index is -0.334. The van der Waals surface area contributed by atoms with Crippen molar-refractivity contribution in [2.75, 3.05) is 20.8 Å². The number of hydrogen-bond acceptors (Lipinski definition) is 5. The number of rotatable bonds is 13. The summed E-state index contributed by atoms with van der Waals surface area (Å²) in [4.78, 5) is 15.5. The molecule has 0 unspecified atom stereocenters. The first-order valence-electron chi connectivity index (χ1n) is 11.5. The molecule has 0 aliphatic carbocycles. The largest absolute Gasteiger partial charge is 0.494 e. The molecule has 0 atom stereocenters. The average Bonchev–Trinajstić information content (AvgIpc) is 3.26. The normalized spacial score (nSPS) is 11.1. The highest BCUT2D eigenvalue weighted by Crippen LogP contribution is 2.32. The van der Waals surface area contributed by atoms with Crippen LogP contribution in [0.4, 0.5) is 0 Å². The van der Waals surface area contributed by atoms with Crippen molar-refractivity contribution in [2.24, 2.45) is 5.10 Å². The van der Waals surface area contributed by atoms with Crippen molar-refractivity contribution < 1.29 is 19.0 Å². The van der Waals surface area contributed by atoms with Crippen LogP contribution in [0, 0.1) is 0 Å². The summed E-state index contributed by atoms with van der Waals surface area (Å²) in [5.74, 6) is 1.71. The highest BCUT2D eigenvalue weighted by atomic mass is 16.5. The van der Waals surface area contributed by atoms with Gasteiger partial charge in [-0.05, 0) is 48.4 Å². The monoisotopic (exact) mass is 451 g/mol. The van der Waals surface area contributed by atoms with Crippen LogP contribution in [-0.2, 0) is 0 Å². The Labute approximate surface area is 195 Å². The van der Waals surface area contributed by atoms with Crippen LogP contribution in [0.5, 0.6) is 17.2 Å². The van der Waals surface area contributed by atoms with Crippen molar-refractivity contribution in [1.29, 1.82) is 0 Å². The standard InChI is InChI=1S/C26H33N3O4/c1-4-5-6-7-8-9-14-33-21-12-10-19(11-13-21)18-27-29-26(30)23-15-20-16-24(31-2)25(32-3)17-22(20)28-23/h10-13,15-18,28H,4-9,14H2,1-3H3,(H,29,30). The molecule has 7 heteroatoms. The molecule has 0 radical (unpaired) electrons. The Balaban J connectivity index is 1.48. The Morgan fingerprint density at radius 1 is 0.970 bits per heavy atom. The molecular formula is C26H33N3O4. The summed E-state index contributed by atoms with van der Waals surface area (Å²) in [6.45, 7) is 2.96. The molecule has 0 saturated heterocycles. The molecule has 3 aromatic rings. The van der Waals surface area contributed by atoms with Gasteiger partial charge in [-0.25, -0.2) is 5.43 Å². The molecule has 0 spiro atoms. The quantitative estimate of drug-likeness (QED) is 0.199. The van der Waals surface area contributed by atoms with Crippen LogP contribution in [0.15, 0.2) is 47.6 Å². The topological polar surface area (TPSA) is 84.9 Å². The maximum absolute atomic E-state index is 12.5. The Morgan fingerprint density at radius 3 is 2.39 bits per heavy atom. The van der Waals surface area contributed by atoms with Crippen molar-refractivity contribution in [3.05, 3.63) is 53.7 Å². The van der Waals surface area contributed by atoms with Gasteiger partial charge in [0.2, 0.25) is 0 Å². The summed E-state index contributed by atoms with van der Waals surface area (Å²) in [6, 6.07) is 13.0. The molecule has 1 heterocycles. The number of benzene rings is 2. The fourth-order valence-electron chi connectivity index (χ4n) is 3.53. The summed E-state index contributed by atoms with van der Waals surface area (Å²) in [7, 11) is 3.15. The van der Waals surface area contributed by atoms with E-state index < -0.39 is 0 Å². The summed E-state index contributed by atoms with van der Waals surface area (Å²) in [5.41, 5.74) is 4.59. The van der Waals surface area contributed by atoms with E-state index in [4.69, 9.17) is 14.2 Å². The second-order valence-electron chi connectivity index (χ2n) is 7.86. The van der Waals surface area contributed by atoms with Crippen LogP contribution in [0.3, 0.4) is 0 Å². The van der Waals surface area contributed by atoms with Crippen LogP contribution in [-0.4, -0.2) is 37.9 Å². The molecular weight excluding hydrogens is 418 g/mol. The number of aromatic nitrogens is 1. The lowest BCUT2D eigenvalue weighted by molar-refractivity contribution is 0.0951. The van der Waals surface area contributed by atoms with Gasteiger partial charge >= 0.3 is 0 Å². The lowest BCUT2D eigenvalue weighted by atomic mass is 10.1. The predicted octanol–water partition coefficient (Wildman–Crippen LogP) is 5.69. The van der Waals surface area contributed by atoms with Gasteiger partial charge in [0, 0.05) is 17.0 Å². The number of methoxy groups -OCH3 is 2. The van der Waals surface area contributed by atoms with Crippen LogP contribution in [0.25, 0.3) is 10.9 Å². The predicted molar refractivity (Wildman–Crippen MR) is 132 cm³/mol. The van der Waals surface area contributed by atoms with E-state index in [1.165, 1.54) is 32.1 Å². The smallest absolute Gasteiger partial charge is 0.287 e. The number of ether oxygens (including phenoxy) is 3. The van der Waals surface area contributed by atoms with Crippen LogP contribution < -0.4 is 19.6 Å². The van der Waals surface area contributed by atoms with E-state index in [0.717, 1.165) is 35.2 Å². The second-order valence-corrected chi connectivity index (χ2v) is 7.86. The van der Waals surface area contributed by atoms with Crippen molar-refractivity contribution in [3.8, 4) is 17.2 Å². The number of nitrogens with zero attached hydrogens (tertiary/aromatic N) is 1. The number of unbranched alkanes of at least 4 members (excludes halogenated alkanes) is 5. The molecule has 0 saturated carbocycles. The van der Waals surface area contributed by atoms with E-state index in [1.807, 2.05) is 30.3 Å². The third-order valence-electron chi connectivity index (χ3n) is 5.40. The number of H-pyrrole nitrogens is 1. The first-order chi connectivity index (χ1) is 16.1. The van der Waals surface area contributed by atoms with E-state index in [2.05, 4.69) is 22.4 Å². The number of fused-ring (bicyclic) bond motifs is 1. The SMILES string of the molecule is CCCCCCCCOc1ccc(C=NNC(=O)c2cc3cc(OC)c(OC)cc3[nH]2)cc1. The Bertz CT molecular complexity index is 1020. The van der Waals surface area contributed by atoms with E-state index in [0.29, 0.717) is 17.2 Å². The van der Waals surface area contributed by atoms with Gasteiger partial charge < -0.3 is 19.2 Å². The summed E-state index contributed by atoms with van der Waals surface area (Å²) in [5, 5.41) is 4.91. The minimum absolute atomic E-state index is 0.334. The minimum Gasteiger partial charge on any atom is -0.494 e. The van der Waals surface area contributed by atoms with Gasteiger partial charge in [0.05, 0.1) is 27.0 Å². The molecule has 2 aromatic carbocycles. The van der Waals surface area contributed by atoms with Gasteiger partial charge in [-0.2, -0.15) is 5.10 Å². The number of hydrogen-bond donors (Lipinski definition) is 2. The first-order valence-corrected chi connectivity index (χ1v) is 11.5. The molecule has 7 nitrogen and oxygen atoms in total. The Hall–Kier alpha value is -3.48. The van der Waals surface area contributed by atoms with E-state index in [1.54, 1.807) is 32.6 Å². The molecule has 0 aliphatic rings. The molecule has 1 aromatic heterocycles. The number of hydrazone groups is 1. The van der Waals surface area contributed by atoms with Gasteiger partial charge in [0.15, 0.2) is 11.5 Å². The summed E-state index contributed by atoms with van der Waals surface area (Å²) >= 11 is 0. The van der Waals surface area contributed by atoms with Crippen molar-refractivity contribution in [2.45, 2.75) is 45.4 Å². The molecule has 3 rings (SSSR count). The fourth-order valence-corrected chi connectivity index (χ4v) is 3.53. The molecule has 176 valence electrons. The van der Waals surface area contributed by atoms with E-state index in [-0.39, 0.29) is 5.91 Å². The second kappa shape index (κ2) is 12.5. The molecule has 0 bridgehead atoms. The van der Waals surface area contributed by atoms with Gasteiger partial charge in [-0.3, -0.25) is 4.79 Å². The lowest BCUT2D eigenvalue weighted by Crippen LogP contribution is -2.17. The lowest BCUT2D eigenvalue weighted by Gasteiger charge is -2.06. The highest BCUT2D eigenvalue weighted by molar-refractivity contribution is 5.99. The van der Waals surface area contributed by atoms with E-state index in [9.17, 15) is 4.79 Å². The molecule has 33 heavy (non-hydrogen) atoms. The zero-order valence-electron chi connectivity index (χ0n) is 19.6. The van der Waals surface area contributed by atoms with E-state index >= 15 is 0 Å². The number of amides is 1. The van der Waals surface area contributed by atoms with Crippen LogP contribution >= 0.6 is 0 Å². The first kappa shape index (κ1) is 24.2. The number of carbonyl (C=O) groups is 1. The van der Waals surface area contributed by atoms with Gasteiger partial charge in [0.25, 0.3) is 5.91 Å². The number of aromatic amines is 1.